The van der Waals surface area contributed by atoms with Gasteiger partial charge in [0, 0.05) is 47.2 Å². The zero-order valence-corrected chi connectivity index (χ0v) is 11.6. The molecule has 1 aromatic carbocycles. The smallest absolute Gasteiger partial charge is 0.251 e. The molecule has 2 aromatic heterocycles. The third kappa shape index (κ3) is 2.73. The molecule has 0 unspecified atom stereocenters. The number of carbonyl (C=O) groups is 1. The Labute approximate surface area is 125 Å². The second-order valence-electron chi connectivity index (χ2n) is 4.54. The van der Waals surface area contributed by atoms with Gasteiger partial charge in [0.2, 0.25) is 0 Å². The van der Waals surface area contributed by atoms with Gasteiger partial charge < -0.3 is 10.3 Å². The molecule has 0 radical (unpaired) electrons. The number of fused-ring (bicyclic) bond motifs is 1. The number of aromatic amines is 1. The van der Waals surface area contributed by atoms with Crippen molar-refractivity contribution in [1.29, 1.82) is 0 Å². The van der Waals surface area contributed by atoms with Gasteiger partial charge in [0.1, 0.15) is 5.82 Å². The molecule has 2 heterocycles. The highest BCUT2D eigenvalue weighted by atomic mass is 35.5. The second-order valence-corrected chi connectivity index (χ2v) is 4.95. The molecule has 4 nitrogen and oxygen atoms in total. The number of amides is 1. The highest BCUT2D eigenvalue weighted by molar-refractivity contribution is 6.35. The predicted octanol–water partition coefficient (Wildman–Crippen LogP) is 3.29. The van der Waals surface area contributed by atoms with Crippen molar-refractivity contribution in [3.63, 3.8) is 0 Å². The summed E-state index contributed by atoms with van der Waals surface area (Å²) in [7, 11) is 0. The molecule has 0 bridgehead atoms. The van der Waals surface area contributed by atoms with Crippen LogP contribution in [0, 0.1) is 5.82 Å². The lowest BCUT2D eigenvalue weighted by molar-refractivity contribution is 0.0950. The van der Waals surface area contributed by atoms with Crippen molar-refractivity contribution in [2.24, 2.45) is 0 Å². The Morgan fingerprint density at radius 3 is 2.86 bits per heavy atom. The number of carbonyl (C=O) groups excluding carboxylic acids is 1. The maximum absolute atomic E-state index is 14.0. The Morgan fingerprint density at radius 1 is 1.33 bits per heavy atom. The molecule has 3 rings (SSSR count). The highest BCUT2D eigenvalue weighted by Crippen LogP contribution is 2.25. The fourth-order valence-corrected chi connectivity index (χ4v) is 2.28. The number of aromatic nitrogens is 2. The molecule has 0 aliphatic carbocycles. The molecule has 6 heteroatoms. The largest absolute Gasteiger partial charge is 0.360 e. The SMILES string of the molecule is O=C(NCc1cc2c(Cl)c[nH]c2cc1F)c1ccncc1. The van der Waals surface area contributed by atoms with Crippen molar-refractivity contribution in [3.8, 4) is 0 Å². The Hall–Kier alpha value is -2.40. The fourth-order valence-electron chi connectivity index (χ4n) is 2.07. The first kappa shape index (κ1) is 13.6. The van der Waals surface area contributed by atoms with Crippen LogP contribution in [0.1, 0.15) is 15.9 Å². The first-order valence-corrected chi connectivity index (χ1v) is 6.66. The van der Waals surface area contributed by atoms with Gasteiger partial charge in [-0.05, 0) is 24.3 Å². The zero-order chi connectivity index (χ0) is 14.8. The van der Waals surface area contributed by atoms with Crippen molar-refractivity contribution in [2.75, 3.05) is 0 Å². The summed E-state index contributed by atoms with van der Waals surface area (Å²) in [6.45, 7) is 0.0877. The Morgan fingerprint density at radius 2 is 2.10 bits per heavy atom. The molecule has 2 N–H and O–H groups in total. The Balaban J connectivity index is 1.80. The third-order valence-corrected chi connectivity index (χ3v) is 3.49. The summed E-state index contributed by atoms with van der Waals surface area (Å²) in [6, 6.07) is 6.20. The average molecular weight is 304 g/mol. The Kier molecular flexibility index (Phi) is 3.58. The molecule has 0 saturated heterocycles. The van der Waals surface area contributed by atoms with Gasteiger partial charge >= 0.3 is 0 Å². The summed E-state index contributed by atoms with van der Waals surface area (Å²) in [5.41, 5.74) is 1.49. The summed E-state index contributed by atoms with van der Waals surface area (Å²) in [5.74, 6) is -0.673. The van der Waals surface area contributed by atoms with E-state index in [-0.39, 0.29) is 12.5 Å². The lowest BCUT2D eigenvalue weighted by Gasteiger charge is -2.07. The first-order valence-electron chi connectivity index (χ1n) is 6.28. The van der Waals surface area contributed by atoms with Crippen molar-refractivity contribution in [3.05, 3.63) is 64.8 Å². The van der Waals surface area contributed by atoms with Crippen molar-refractivity contribution in [2.45, 2.75) is 6.54 Å². The summed E-state index contributed by atoms with van der Waals surface area (Å²) < 4.78 is 14.0. The minimum absolute atomic E-state index is 0.0877. The molecular weight excluding hydrogens is 293 g/mol. The van der Waals surface area contributed by atoms with Crippen LogP contribution in [-0.2, 0) is 6.54 Å². The van der Waals surface area contributed by atoms with Gasteiger partial charge in [-0.15, -0.1) is 0 Å². The van der Waals surface area contributed by atoms with E-state index in [2.05, 4.69) is 15.3 Å². The van der Waals surface area contributed by atoms with E-state index < -0.39 is 5.82 Å². The van der Waals surface area contributed by atoms with E-state index in [1.807, 2.05) is 0 Å². The number of rotatable bonds is 3. The van der Waals surface area contributed by atoms with Crippen LogP contribution in [0.4, 0.5) is 4.39 Å². The summed E-state index contributed by atoms with van der Waals surface area (Å²) in [5, 5.41) is 3.92. The molecule has 0 aliphatic rings. The maximum atomic E-state index is 14.0. The summed E-state index contributed by atoms with van der Waals surface area (Å²) >= 11 is 6.01. The first-order chi connectivity index (χ1) is 10.1. The zero-order valence-electron chi connectivity index (χ0n) is 10.9. The average Bonchev–Trinajstić information content (AvgIpc) is 2.86. The van der Waals surface area contributed by atoms with Crippen LogP contribution < -0.4 is 5.32 Å². The molecule has 0 fully saturated rings. The molecule has 3 aromatic rings. The van der Waals surface area contributed by atoms with Gasteiger partial charge in [0.15, 0.2) is 0 Å². The topological polar surface area (TPSA) is 57.8 Å². The molecule has 106 valence electrons. The monoisotopic (exact) mass is 303 g/mol. The van der Waals surface area contributed by atoms with Gasteiger partial charge in [-0.2, -0.15) is 0 Å². The highest BCUT2D eigenvalue weighted by Gasteiger charge is 2.10. The van der Waals surface area contributed by atoms with Crippen molar-refractivity contribution >= 4 is 28.4 Å². The predicted molar refractivity (Wildman–Crippen MR) is 78.7 cm³/mol. The van der Waals surface area contributed by atoms with E-state index in [0.29, 0.717) is 21.7 Å². The van der Waals surface area contributed by atoms with E-state index in [1.165, 1.54) is 18.5 Å². The van der Waals surface area contributed by atoms with Crippen LogP contribution in [-0.4, -0.2) is 15.9 Å². The number of halogens is 2. The van der Waals surface area contributed by atoms with Gasteiger partial charge in [-0.1, -0.05) is 11.6 Å². The van der Waals surface area contributed by atoms with Crippen molar-refractivity contribution < 1.29 is 9.18 Å². The van der Waals surface area contributed by atoms with E-state index >= 15 is 0 Å². The number of H-pyrrole nitrogens is 1. The normalized spacial score (nSPS) is 10.8. The van der Waals surface area contributed by atoms with E-state index in [1.54, 1.807) is 24.4 Å². The lowest BCUT2D eigenvalue weighted by atomic mass is 10.1. The number of pyridine rings is 1. The molecular formula is C15H11ClFN3O. The van der Waals surface area contributed by atoms with Gasteiger partial charge in [-0.25, -0.2) is 4.39 Å². The van der Waals surface area contributed by atoms with E-state index in [0.717, 1.165) is 5.39 Å². The molecule has 0 aliphatic heterocycles. The summed E-state index contributed by atoms with van der Waals surface area (Å²) in [4.78, 5) is 18.6. The van der Waals surface area contributed by atoms with Gasteiger partial charge in [-0.3, -0.25) is 9.78 Å². The van der Waals surface area contributed by atoms with Crippen LogP contribution >= 0.6 is 11.6 Å². The molecule has 0 saturated carbocycles. The van der Waals surface area contributed by atoms with E-state index in [9.17, 15) is 9.18 Å². The minimum atomic E-state index is -0.393. The van der Waals surface area contributed by atoms with Crippen LogP contribution in [0.5, 0.6) is 0 Å². The standard InChI is InChI=1S/C15H11ClFN3O/c16-12-8-19-14-6-13(17)10(5-11(12)14)7-20-15(21)9-1-3-18-4-2-9/h1-6,8,19H,7H2,(H,20,21). The number of hydrogen-bond donors (Lipinski definition) is 2. The maximum Gasteiger partial charge on any atom is 0.251 e. The van der Waals surface area contributed by atoms with Gasteiger partial charge in [0.05, 0.1) is 5.02 Å². The second kappa shape index (κ2) is 5.54. The fraction of sp³-hybridized carbons (Fsp3) is 0.0667. The van der Waals surface area contributed by atoms with E-state index in [4.69, 9.17) is 11.6 Å². The van der Waals surface area contributed by atoms with Crippen LogP contribution in [0.25, 0.3) is 10.9 Å². The quantitative estimate of drug-likeness (QED) is 0.780. The molecule has 0 atom stereocenters. The van der Waals surface area contributed by atoms with Crippen LogP contribution in [0.15, 0.2) is 42.9 Å². The number of nitrogens with one attached hydrogen (secondary N) is 2. The lowest BCUT2D eigenvalue weighted by Crippen LogP contribution is -2.23. The van der Waals surface area contributed by atoms with Crippen LogP contribution in [0.3, 0.4) is 0 Å². The Bertz CT molecular complexity index is 801. The minimum Gasteiger partial charge on any atom is -0.360 e. The van der Waals surface area contributed by atoms with Crippen molar-refractivity contribution in [1.82, 2.24) is 15.3 Å². The molecule has 1 amide bonds. The summed E-state index contributed by atoms with van der Waals surface area (Å²) in [6.07, 6.45) is 4.66. The number of benzene rings is 1. The molecule has 0 spiro atoms. The number of hydrogen-bond acceptors (Lipinski definition) is 2. The number of nitrogens with zero attached hydrogens (tertiary/aromatic N) is 1. The molecule has 21 heavy (non-hydrogen) atoms. The van der Waals surface area contributed by atoms with Gasteiger partial charge in [0.25, 0.3) is 5.91 Å². The third-order valence-electron chi connectivity index (χ3n) is 3.18. The van der Waals surface area contributed by atoms with Crippen LogP contribution in [0.2, 0.25) is 5.02 Å².